The number of carbonyl (C=O) groups is 2. The number of nitrogen functional groups attached to an aromatic ring is 1. The number of methoxy groups -OCH3 is 1. The Morgan fingerprint density at radius 2 is 1.86 bits per heavy atom. The lowest BCUT2D eigenvalue weighted by molar-refractivity contribution is 0.0603. The van der Waals surface area contributed by atoms with Crippen LogP contribution in [-0.4, -0.2) is 32.1 Å². The predicted octanol–water partition coefficient (Wildman–Crippen LogP) is 1.70. The maximum absolute atomic E-state index is 12.0. The molecule has 1 aliphatic rings. The fraction of sp³-hybridized carbons (Fsp3) is 0.571. The third kappa shape index (κ3) is 2.97. The molecule has 0 spiro atoms. The van der Waals surface area contributed by atoms with E-state index >= 15 is 0 Å². The molecular formula is C14H21N3O3S. The van der Waals surface area contributed by atoms with E-state index in [0.717, 1.165) is 19.5 Å². The highest BCUT2D eigenvalue weighted by molar-refractivity contribution is 7.19. The number of nitrogens with zero attached hydrogens (tertiary/aromatic N) is 1. The quantitative estimate of drug-likeness (QED) is 0.828. The third-order valence-corrected chi connectivity index (χ3v) is 4.98. The van der Waals surface area contributed by atoms with Crippen LogP contribution in [0.3, 0.4) is 0 Å². The van der Waals surface area contributed by atoms with Crippen molar-refractivity contribution in [3.8, 4) is 0 Å². The Morgan fingerprint density at radius 1 is 1.29 bits per heavy atom. The first-order valence-corrected chi connectivity index (χ1v) is 7.72. The highest BCUT2D eigenvalue weighted by Crippen LogP contribution is 2.40. The van der Waals surface area contributed by atoms with Gasteiger partial charge in [0.25, 0.3) is 5.91 Å². The lowest BCUT2D eigenvalue weighted by Crippen LogP contribution is -2.39. The van der Waals surface area contributed by atoms with E-state index in [2.05, 4.69) is 18.7 Å². The zero-order valence-electron chi connectivity index (χ0n) is 12.5. The molecule has 1 fully saturated rings. The predicted molar refractivity (Wildman–Crippen MR) is 83.7 cm³/mol. The van der Waals surface area contributed by atoms with E-state index in [9.17, 15) is 9.59 Å². The molecule has 1 aromatic heterocycles. The minimum Gasteiger partial charge on any atom is -0.465 e. The molecule has 2 heterocycles. The van der Waals surface area contributed by atoms with Crippen LogP contribution in [0.2, 0.25) is 0 Å². The average molecular weight is 311 g/mol. The Bertz CT molecular complexity index is 560. The first kappa shape index (κ1) is 15.6. The molecular weight excluding hydrogens is 290 g/mol. The number of rotatable bonds is 3. The fourth-order valence-electron chi connectivity index (χ4n) is 2.97. The zero-order valence-corrected chi connectivity index (χ0v) is 13.3. The summed E-state index contributed by atoms with van der Waals surface area (Å²) in [5, 5.41) is 0.687. The van der Waals surface area contributed by atoms with Crippen molar-refractivity contribution >= 4 is 33.9 Å². The van der Waals surface area contributed by atoms with E-state index in [1.54, 1.807) is 0 Å². The second kappa shape index (κ2) is 5.93. The molecule has 0 bridgehead atoms. The Hall–Kier alpha value is -1.76. The highest BCUT2D eigenvalue weighted by Gasteiger charge is 2.31. The van der Waals surface area contributed by atoms with Crippen molar-refractivity contribution in [1.29, 1.82) is 0 Å². The van der Waals surface area contributed by atoms with Crippen molar-refractivity contribution in [3.05, 3.63) is 10.4 Å². The van der Waals surface area contributed by atoms with Crippen molar-refractivity contribution in [2.75, 3.05) is 30.8 Å². The van der Waals surface area contributed by atoms with Gasteiger partial charge in [-0.3, -0.25) is 4.79 Å². The second-order valence-corrected chi connectivity index (χ2v) is 6.73. The molecule has 0 radical (unpaired) electrons. The number of amides is 1. The largest absolute Gasteiger partial charge is 0.465 e. The number of carbonyl (C=O) groups excluding carboxylic acids is 2. The minimum absolute atomic E-state index is 0.125. The van der Waals surface area contributed by atoms with Crippen molar-refractivity contribution in [3.63, 3.8) is 0 Å². The molecule has 0 aromatic carbocycles. The van der Waals surface area contributed by atoms with Gasteiger partial charge in [0.15, 0.2) is 0 Å². The lowest BCUT2D eigenvalue weighted by Gasteiger charge is -2.36. The summed E-state index contributed by atoms with van der Waals surface area (Å²) < 4.78 is 4.80. The van der Waals surface area contributed by atoms with Crippen molar-refractivity contribution in [1.82, 2.24) is 0 Å². The molecule has 0 aliphatic carbocycles. The maximum Gasteiger partial charge on any atom is 0.343 e. The van der Waals surface area contributed by atoms with Gasteiger partial charge in [0.1, 0.15) is 15.4 Å². The number of anilines is 2. The number of ether oxygens (including phenoxy) is 1. The summed E-state index contributed by atoms with van der Waals surface area (Å²) in [6.45, 7) is 6.00. The number of thiophene rings is 1. The molecule has 2 rings (SSSR count). The monoisotopic (exact) mass is 311 g/mol. The SMILES string of the molecule is COC(=O)c1c(N2CC(C)CC(C)C2)sc(C(N)=O)c1N. The molecule has 0 saturated carbocycles. The van der Waals surface area contributed by atoms with Gasteiger partial charge in [-0.15, -0.1) is 11.3 Å². The third-order valence-electron chi connectivity index (χ3n) is 3.70. The molecule has 2 atom stereocenters. The first-order chi connectivity index (χ1) is 9.85. The van der Waals surface area contributed by atoms with Gasteiger partial charge < -0.3 is 21.1 Å². The van der Waals surface area contributed by atoms with Crippen molar-refractivity contribution < 1.29 is 14.3 Å². The molecule has 6 nitrogen and oxygen atoms in total. The number of piperidine rings is 1. The van der Waals surface area contributed by atoms with Crippen LogP contribution in [0, 0.1) is 11.8 Å². The van der Waals surface area contributed by atoms with E-state index in [4.69, 9.17) is 16.2 Å². The summed E-state index contributed by atoms with van der Waals surface area (Å²) >= 11 is 1.17. The lowest BCUT2D eigenvalue weighted by atomic mass is 9.92. The summed E-state index contributed by atoms with van der Waals surface area (Å²) in [6, 6.07) is 0. The topological polar surface area (TPSA) is 98.6 Å². The van der Waals surface area contributed by atoms with E-state index in [0.29, 0.717) is 16.8 Å². The van der Waals surface area contributed by atoms with Crippen LogP contribution in [0.15, 0.2) is 0 Å². The van der Waals surface area contributed by atoms with Crippen LogP contribution >= 0.6 is 11.3 Å². The Morgan fingerprint density at radius 3 is 2.33 bits per heavy atom. The highest BCUT2D eigenvalue weighted by atomic mass is 32.1. The molecule has 2 unspecified atom stereocenters. The standard InChI is InChI=1S/C14H21N3O3S/c1-7-4-8(2)6-17(5-7)13-9(14(19)20-3)10(15)11(21-13)12(16)18/h7-8H,4-6,15H2,1-3H3,(H2,16,18). The van der Waals surface area contributed by atoms with E-state index < -0.39 is 11.9 Å². The Balaban J connectivity index is 2.48. The van der Waals surface area contributed by atoms with Crippen LogP contribution in [0.4, 0.5) is 10.7 Å². The minimum atomic E-state index is -0.619. The van der Waals surface area contributed by atoms with Crippen molar-refractivity contribution in [2.45, 2.75) is 20.3 Å². The zero-order chi connectivity index (χ0) is 15.7. The van der Waals surface area contributed by atoms with Crippen LogP contribution < -0.4 is 16.4 Å². The van der Waals surface area contributed by atoms with Gasteiger partial charge >= 0.3 is 5.97 Å². The molecule has 1 aliphatic heterocycles. The first-order valence-electron chi connectivity index (χ1n) is 6.90. The number of hydrogen-bond donors (Lipinski definition) is 2. The van der Waals surface area contributed by atoms with Gasteiger partial charge in [0.05, 0.1) is 12.8 Å². The average Bonchev–Trinajstić information content (AvgIpc) is 2.74. The summed E-state index contributed by atoms with van der Waals surface area (Å²) in [7, 11) is 1.30. The summed E-state index contributed by atoms with van der Waals surface area (Å²) in [5.41, 5.74) is 11.7. The Labute approximate surface area is 128 Å². The van der Waals surface area contributed by atoms with Gasteiger partial charge in [-0.25, -0.2) is 4.79 Å². The van der Waals surface area contributed by atoms with Crippen LogP contribution in [0.5, 0.6) is 0 Å². The normalized spacial score (nSPS) is 22.1. The number of hydrogen-bond acceptors (Lipinski definition) is 6. The second-order valence-electron chi connectivity index (χ2n) is 5.73. The number of nitrogens with two attached hydrogens (primary N) is 2. The molecule has 1 saturated heterocycles. The van der Waals surface area contributed by atoms with Gasteiger partial charge in [-0.2, -0.15) is 0 Å². The number of primary amides is 1. The maximum atomic E-state index is 12.0. The molecule has 4 N–H and O–H groups in total. The van der Waals surface area contributed by atoms with E-state index in [1.165, 1.54) is 18.4 Å². The van der Waals surface area contributed by atoms with Gasteiger partial charge in [0, 0.05) is 13.1 Å². The van der Waals surface area contributed by atoms with Crippen LogP contribution in [0.25, 0.3) is 0 Å². The smallest absolute Gasteiger partial charge is 0.343 e. The molecule has 116 valence electrons. The number of esters is 1. The van der Waals surface area contributed by atoms with Crippen LogP contribution in [0.1, 0.15) is 40.3 Å². The molecule has 7 heteroatoms. The van der Waals surface area contributed by atoms with Gasteiger partial charge in [0.2, 0.25) is 0 Å². The molecule has 21 heavy (non-hydrogen) atoms. The van der Waals surface area contributed by atoms with Gasteiger partial charge in [-0.1, -0.05) is 13.8 Å². The molecule has 1 amide bonds. The summed E-state index contributed by atoms with van der Waals surface area (Å²) in [4.78, 5) is 25.8. The fourth-order valence-corrected chi connectivity index (χ4v) is 4.04. The van der Waals surface area contributed by atoms with E-state index in [-0.39, 0.29) is 16.1 Å². The summed E-state index contributed by atoms with van der Waals surface area (Å²) in [5.74, 6) is -0.122. The summed E-state index contributed by atoms with van der Waals surface area (Å²) in [6.07, 6.45) is 1.15. The molecule has 1 aromatic rings. The van der Waals surface area contributed by atoms with Crippen LogP contribution in [-0.2, 0) is 4.74 Å². The van der Waals surface area contributed by atoms with Gasteiger partial charge in [-0.05, 0) is 18.3 Å². The Kier molecular flexibility index (Phi) is 4.41. The van der Waals surface area contributed by atoms with Crippen molar-refractivity contribution in [2.24, 2.45) is 17.6 Å². The van der Waals surface area contributed by atoms with E-state index in [1.807, 2.05) is 0 Å².